The van der Waals surface area contributed by atoms with Gasteiger partial charge in [-0.05, 0) is 19.1 Å². The van der Waals surface area contributed by atoms with Crippen LogP contribution in [0.1, 0.15) is 24.2 Å². The minimum atomic E-state index is 0.180. The highest BCUT2D eigenvalue weighted by Gasteiger charge is 2.41. The fourth-order valence-corrected chi connectivity index (χ4v) is 5.38. The lowest BCUT2D eigenvalue weighted by Crippen LogP contribution is -2.32. The lowest BCUT2D eigenvalue weighted by Gasteiger charge is -2.22. The Morgan fingerprint density at radius 3 is 2.94 bits per heavy atom. The van der Waals surface area contributed by atoms with Gasteiger partial charge in [-0.25, -0.2) is 0 Å². The number of hydrogen-bond acceptors (Lipinski definition) is 1. The number of amides is 1. The molecule has 2 heterocycles. The topological polar surface area (TPSA) is 20.3 Å². The second-order valence-corrected chi connectivity index (χ2v) is 7.37. The van der Waals surface area contributed by atoms with E-state index in [0.717, 1.165) is 17.9 Å². The van der Waals surface area contributed by atoms with Crippen LogP contribution in [0.15, 0.2) is 35.9 Å². The number of hydrogen-bond donors (Lipinski definition) is 0. The van der Waals surface area contributed by atoms with Crippen LogP contribution in [-0.2, 0) is 15.7 Å². The van der Waals surface area contributed by atoms with Gasteiger partial charge in [-0.3, -0.25) is 4.79 Å². The molecule has 0 aliphatic carbocycles. The van der Waals surface area contributed by atoms with E-state index >= 15 is 0 Å². The largest absolute Gasteiger partial charge is 0.311 e. The van der Waals surface area contributed by atoms with Gasteiger partial charge in [-0.15, -0.1) is 0 Å². The van der Waals surface area contributed by atoms with Crippen LogP contribution in [0.25, 0.3) is 0 Å². The summed E-state index contributed by atoms with van der Waals surface area (Å²) in [7, 11) is 2.09. The van der Waals surface area contributed by atoms with Gasteiger partial charge in [0, 0.05) is 29.9 Å². The highest BCUT2D eigenvalue weighted by Crippen LogP contribution is 2.41. The number of carbonyl (C=O) groups is 1. The first-order chi connectivity index (χ1) is 8.66. The minimum Gasteiger partial charge on any atom is -0.311 e. The van der Waals surface area contributed by atoms with Crippen LogP contribution >= 0.6 is 0 Å². The zero-order chi connectivity index (χ0) is 12.7. The normalized spacial score (nSPS) is 27.1. The zero-order valence-corrected chi connectivity index (χ0v) is 11.7. The molecule has 1 aromatic carbocycles. The van der Waals surface area contributed by atoms with Gasteiger partial charge in [0.15, 0.2) is 5.75 Å². The Morgan fingerprint density at radius 1 is 1.33 bits per heavy atom. The van der Waals surface area contributed by atoms with E-state index in [1.165, 1.54) is 11.1 Å². The molecule has 0 saturated carbocycles. The first kappa shape index (κ1) is 11.8. The quantitative estimate of drug-likeness (QED) is 0.519. The number of benzene rings is 1. The third-order valence-electron chi connectivity index (χ3n) is 3.88. The van der Waals surface area contributed by atoms with Crippen LogP contribution in [0.3, 0.4) is 0 Å². The molecule has 2 atom stereocenters. The van der Waals surface area contributed by atoms with Crippen molar-refractivity contribution in [3.8, 4) is 0 Å². The molecule has 0 spiro atoms. The molecule has 0 radical (unpaired) electrons. The van der Waals surface area contributed by atoms with E-state index < -0.39 is 0 Å². The van der Waals surface area contributed by atoms with Crippen LogP contribution in [0.2, 0.25) is 0 Å². The molecule has 0 fully saturated rings. The summed E-state index contributed by atoms with van der Waals surface area (Å²) in [6.07, 6.45) is 3.43. The molecule has 2 unspecified atom stereocenters. The predicted octanol–water partition coefficient (Wildman–Crippen LogP) is 2.67. The molecule has 94 valence electrons. The summed E-state index contributed by atoms with van der Waals surface area (Å²) in [5.74, 6) is 2.05. The number of nitrogens with zero attached hydrogens (tertiary/aromatic N) is 1. The lowest BCUT2D eigenvalue weighted by molar-refractivity contribution is -0.115. The van der Waals surface area contributed by atoms with Crippen LogP contribution < -0.4 is 4.90 Å². The number of rotatable bonds is 0. The van der Waals surface area contributed by atoms with Crippen LogP contribution in [0, 0.1) is 0 Å². The smallest absolute Gasteiger partial charge is 0.276 e. The van der Waals surface area contributed by atoms with Crippen molar-refractivity contribution in [2.75, 3.05) is 23.5 Å². The van der Waals surface area contributed by atoms with Crippen LogP contribution in [0.4, 0.5) is 5.69 Å². The standard InChI is InChI=1S/C15H18NOS/c1-11-7-8-18-10-15(17)16(2)13-6-4-3-5-12(13)14(18)9-11/h3-7,14H,8-10H2,1-2H3/q+1. The first-order valence-electron chi connectivity index (χ1n) is 6.34. The first-order valence-corrected chi connectivity index (χ1v) is 7.97. The molecule has 1 amide bonds. The van der Waals surface area contributed by atoms with Crippen molar-refractivity contribution in [2.24, 2.45) is 0 Å². The number of carbonyl (C=O) groups excluding carboxylic acids is 1. The Labute approximate surface area is 111 Å². The highest BCUT2D eigenvalue weighted by molar-refractivity contribution is 7.98. The second kappa shape index (κ2) is 4.47. The van der Waals surface area contributed by atoms with Gasteiger partial charge in [0.05, 0.1) is 5.69 Å². The van der Waals surface area contributed by atoms with Gasteiger partial charge in [0.1, 0.15) is 11.0 Å². The molecule has 2 aliphatic heterocycles. The predicted molar refractivity (Wildman–Crippen MR) is 78.1 cm³/mol. The van der Waals surface area contributed by atoms with Gasteiger partial charge in [-0.1, -0.05) is 23.8 Å². The fraction of sp³-hybridized carbons (Fsp3) is 0.400. The molecular weight excluding hydrogens is 242 g/mol. The number of para-hydroxylation sites is 1. The maximum Gasteiger partial charge on any atom is 0.276 e. The van der Waals surface area contributed by atoms with Crippen LogP contribution in [-0.4, -0.2) is 24.5 Å². The van der Waals surface area contributed by atoms with Gasteiger partial charge in [-0.2, -0.15) is 0 Å². The van der Waals surface area contributed by atoms with Crippen molar-refractivity contribution in [3.05, 3.63) is 41.5 Å². The highest BCUT2D eigenvalue weighted by atomic mass is 32.2. The summed E-state index contributed by atoms with van der Waals surface area (Å²) >= 11 is 0. The molecule has 0 aromatic heterocycles. The number of fused-ring (bicyclic) bond motifs is 3. The molecule has 18 heavy (non-hydrogen) atoms. The van der Waals surface area contributed by atoms with Crippen molar-refractivity contribution in [1.29, 1.82) is 0 Å². The molecule has 0 N–H and O–H groups in total. The van der Waals surface area contributed by atoms with Crippen molar-refractivity contribution < 1.29 is 4.79 Å². The summed E-state index contributed by atoms with van der Waals surface area (Å²) in [5, 5.41) is 0.542. The van der Waals surface area contributed by atoms with Crippen molar-refractivity contribution in [3.63, 3.8) is 0 Å². The molecule has 3 rings (SSSR count). The Balaban J connectivity index is 2.11. The SMILES string of the molecule is CC1=CC[S+]2CC(=O)N(C)c3ccccc3C2C1. The molecule has 0 saturated heterocycles. The van der Waals surface area contributed by atoms with Crippen molar-refractivity contribution in [2.45, 2.75) is 18.6 Å². The van der Waals surface area contributed by atoms with E-state index in [-0.39, 0.29) is 16.8 Å². The summed E-state index contributed by atoms with van der Waals surface area (Å²) < 4.78 is 0. The van der Waals surface area contributed by atoms with Gasteiger partial charge < -0.3 is 4.90 Å². The average Bonchev–Trinajstić information content (AvgIpc) is 2.48. The fourth-order valence-electron chi connectivity index (χ4n) is 2.76. The van der Waals surface area contributed by atoms with Crippen LogP contribution in [0.5, 0.6) is 0 Å². The summed E-state index contributed by atoms with van der Waals surface area (Å²) in [6.45, 7) is 2.21. The van der Waals surface area contributed by atoms with E-state index in [1.54, 1.807) is 0 Å². The van der Waals surface area contributed by atoms with E-state index in [2.05, 4.69) is 31.2 Å². The van der Waals surface area contributed by atoms with Crippen molar-refractivity contribution >= 4 is 22.5 Å². The molecule has 1 aromatic rings. The van der Waals surface area contributed by atoms with Gasteiger partial charge in [0.25, 0.3) is 5.91 Å². The minimum absolute atomic E-state index is 0.180. The molecule has 2 aliphatic rings. The zero-order valence-electron chi connectivity index (χ0n) is 10.8. The van der Waals surface area contributed by atoms with Gasteiger partial charge in [0.2, 0.25) is 0 Å². The average molecular weight is 260 g/mol. The Morgan fingerprint density at radius 2 is 2.11 bits per heavy atom. The third kappa shape index (κ3) is 1.87. The van der Waals surface area contributed by atoms with Gasteiger partial charge >= 0.3 is 0 Å². The van der Waals surface area contributed by atoms with Crippen molar-refractivity contribution in [1.82, 2.24) is 0 Å². The lowest BCUT2D eigenvalue weighted by atomic mass is 10.0. The molecule has 0 bridgehead atoms. The van der Waals surface area contributed by atoms with E-state index in [1.807, 2.05) is 18.0 Å². The molecule has 2 nitrogen and oxygen atoms in total. The Kier molecular flexibility index (Phi) is 2.94. The third-order valence-corrected chi connectivity index (χ3v) is 6.32. The Hall–Kier alpha value is -1.22. The van der Waals surface area contributed by atoms with E-state index in [0.29, 0.717) is 11.0 Å². The monoisotopic (exact) mass is 260 g/mol. The molecule has 3 heteroatoms. The summed E-state index contributed by atoms with van der Waals surface area (Å²) in [4.78, 5) is 14.1. The van der Waals surface area contributed by atoms with E-state index in [9.17, 15) is 4.79 Å². The maximum absolute atomic E-state index is 12.2. The Bertz CT molecular complexity index is 523. The second-order valence-electron chi connectivity index (χ2n) is 5.10. The summed E-state index contributed by atoms with van der Waals surface area (Å²) in [5.41, 5.74) is 3.94. The summed E-state index contributed by atoms with van der Waals surface area (Å²) in [6, 6.07) is 8.40. The molecular formula is C15H18NOS+. The maximum atomic E-state index is 12.2. The van der Waals surface area contributed by atoms with E-state index in [4.69, 9.17) is 0 Å². The number of anilines is 1. The number of allylic oxidation sites excluding steroid dienone is 1.